The Bertz CT molecular complexity index is 692. The number of carboxylic acids is 1. The van der Waals surface area contributed by atoms with Gasteiger partial charge in [-0.25, -0.2) is 8.42 Å². The number of carboxylic acid groups (broad SMARTS) is 1. The van der Waals surface area contributed by atoms with Gasteiger partial charge in [-0.05, 0) is 6.92 Å². The Kier molecular flexibility index (Phi) is 5.10. The van der Waals surface area contributed by atoms with Crippen LogP contribution in [-0.2, 0) is 26.0 Å². The smallest absolute Gasteiger partial charge is 0.548 e. The van der Waals surface area contributed by atoms with Gasteiger partial charge in [0.25, 0.3) is 0 Å². The molecule has 2 saturated heterocycles. The van der Waals surface area contributed by atoms with Gasteiger partial charge in [0.15, 0.2) is 9.84 Å². The first-order chi connectivity index (χ1) is 9.29. The maximum atomic E-state index is 12.5. The van der Waals surface area contributed by atoms with Gasteiger partial charge in [0.1, 0.15) is 10.1 Å². The number of aliphatic carboxylic acids is 1. The number of aromatic nitrogens is 3. The molecule has 0 aliphatic carbocycles. The molecule has 1 aromatic rings. The van der Waals surface area contributed by atoms with Crippen LogP contribution in [0, 0.1) is 0 Å². The number of carbonyl (C=O) groups excluding carboxylic acids is 2. The first-order valence-electron chi connectivity index (χ1n) is 5.88. The van der Waals surface area contributed by atoms with E-state index in [1.54, 1.807) is 0 Å². The molecule has 0 bridgehead atoms. The monoisotopic (exact) mass is 340 g/mol. The topological polar surface area (TPSA) is 157 Å². The van der Waals surface area contributed by atoms with Gasteiger partial charge in [-0.15, -0.1) is 5.10 Å². The maximum absolute atomic E-state index is 12.5. The minimum atomic E-state index is -3.84. The van der Waals surface area contributed by atoms with Crippen LogP contribution in [0.5, 0.6) is 0 Å². The molecular weight excluding hydrogens is 327 g/mol. The summed E-state index contributed by atoms with van der Waals surface area (Å²) < 4.78 is 24.6. The largest absolute Gasteiger partial charge is 1.00 e. The van der Waals surface area contributed by atoms with E-state index in [-0.39, 0.29) is 48.0 Å². The maximum Gasteiger partial charge on any atom is 1.00 e. The Morgan fingerprint density at radius 2 is 2.18 bits per heavy atom. The zero-order valence-corrected chi connectivity index (χ0v) is 14.8. The van der Waals surface area contributed by atoms with Gasteiger partial charge in [-0.1, -0.05) is 5.21 Å². The summed E-state index contributed by atoms with van der Waals surface area (Å²) in [4.78, 5) is 23.8. The zero-order chi connectivity index (χ0) is 14.7. The molecule has 1 amide bonds. The SMILES string of the molecule is C[C@]1(Cn2ccnn2)[C@H](C(=O)[O-])N2C(=O)C[C@H]2S1(=O)=O.O.[Na+]. The molecule has 2 fully saturated rings. The van der Waals surface area contributed by atoms with Crippen molar-refractivity contribution in [2.75, 3.05) is 0 Å². The second kappa shape index (κ2) is 5.89. The van der Waals surface area contributed by atoms with Crippen LogP contribution in [0.4, 0.5) is 0 Å². The van der Waals surface area contributed by atoms with Gasteiger partial charge in [-0.3, -0.25) is 9.48 Å². The number of sulfone groups is 1. The summed E-state index contributed by atoms with van der Waals surface area (Å²) in [6.45, 7) is 1.10. The Balaban J connectivity index is 0.00000121. The van der Waals surface area contributed by atoms with Crippen molar-refractivity contribution in [3.63, 3.8) is 0 Å². The van der Waals surface area contributed by atoms with E-state index in [0.29, 0.717) is 0 Å². The second-order valence-corrected chi connectivity index (χ2v) is 7.71. The predicted octanol–water partition coefficient (Wildman–Crippen LogP) is -6.68. The van der Waals surface area contributed by atoms with Gasteiger partial charge >= 0.3 is 29.6 Å². The van der Waals surface area contributed by atoms with Gasteiger partial charge in [-0.2, -0.15) is 0 Å². The molecule has 3 atom stereocenters. The Labute approximate surface area is 148 Å². The molecule has 0 unspecified atom stereocenters. The number of amides is 1. The number of nitrogens with zero attached hydrogens (tertiary/aromatic N) is 4. The van der Waals surface area contributed by atoms with Crippen molar-refractivity contribution in [1.29, 1.82) is 0 Å². The second-order valence-electron chi connectivity index (χ2n) is 5.14. The van der Waals surface area contributed by atoms with Crippen molar-refractivity contribution in [1.82, 2.24) is 19.9 Å². The molecule has 0 saturated carbocycles. The first kappa shape index (κ1) is 19.0. The molecule has 12 heteroatoms. The Morgan fingerprint density at radius 1 is 1.55 bits per heavy atom. The number of hydrogen-bond acceptors (Lipinski definition) is 7. The quantitative estimate of drug-likeness (QED) is 0.391. The number of fused-ring (bicyclic) bond motifs is 1. The molecule has 1 aromatic heterocycles. The summed E-state index contributed by atoms with van der Waals surface area (Å²) in [6.07, 6.45) is 2.61. The summed E-state index contributed by atoms with van der Waals surface area (Å²) in [5, 5.41) is 17.5. The van der Waals surface area contributed by atoms with Crippen molar-refractivity contribution in [3.8, 4) is 0 Å². The van der Waals surface area contributed by atoms with Gasteiger partial charge in [0.05, 0.1) is 31.2 Å². The van der Waals surface area contributed by atoms with E-state index in [1.807, 2.05) is 0 Å². The average molecular weight is 340 g/mol. The summed E-state index contributed by atoms with van der Waals surface area (Å²) in [5.74, 6) is -2.07. The Hall–Kier alpha value is -1.01. The standard InChI is InChI=1S/C10H12N4O5S.Na.H2O/c1-10(5-13-3-2-11-12-13)8(9(16)17)14-6(15)4-7(14)20(10,18)19;;/h2-3,7-8H,4-5H2,1H3,(H,16,17);;1H2/q;+1;/p-1/t7-,8+,10+;;/m1../s1. The predicted molar refractivity (Wildman–Crippen MR) is 65.0 cm³/mol. The Morgan fingerprint density at radius 3 is 2.64 bits per heavy atom. The van der Waals surface area contributed by atoms with E-state index < -0.39 is 37.9 Å². The normalized spacial score (nSPS) is 31.5. The third-order valence-corrected chi connectivity index (χ3v) is 6.75. The molecule has 2 aliphatic rings. The first-order valence-corrected chi connectivity index (χ1v) is 7.43. The molecule has 3 rings (SSSR count). The number of carbonyl (C=O) groups is 2. The molecule has 0 radical (unpaired) electrons. The van der Waals surface area contributed by atoms with E-state index in [2.05, 4.69) is 10.3 Å². The van der Waals surface area contributed by atoms with Gasteiger partial charge in [0.2, 0.25) is 5.91 Å². The van der Waals surface area contributed by atoms with Crippen molar-refractivity contribution in [3.05, 3.63) is 12.4 Å². The molecular formula is C10H13N4NaO6S. The van der Waals surface area contributed by atoms with Crippen LogP contribution in [0.1, 0.15) is 13.3 Å². The molecule has 2 aliphatic heterocycles. The molecule has 22 heavy (non-hydrogen) atoms. The average Bonchev–Trinajstić information content (AvgIpc) is 2.87. The molecule has 0 spiro atoms. The molecule has 3 heterocycles. The van der Waals surface area contributed by atoms with Crippen molar-refractivity contribution >= 4 is 21.7 Å². The minimum absolute atomic E-state index is 0. The number of β-lactam (4-membered cyclic amide) rings is 1. The fourth-order valence-electron chi connectivity index (χ4n) is 2.91. The van der Waals surface area contributed by atoms with E-state index in [0.717, 1.165) is 4.90 Å². The van der Waals surface area contributed by atoms with Crippen LogP contribution in [0.3, 0.4) is 0 Å². The van der Waals surface area contributed by atoms with Gasteiger partial charge < -0.3 is 20.3 Å². The third kappa shape index (κ3) is 2.27. The molecule has 2 N–H and O–H groups in total. The van der Waals surface area contributed by atoms with Crippen LogP contribution >= 0.6 is 0 Å². The van der Waals surface area contributed by atoms with Crippen molar-refractivity contribution in [2.24, 2.45) is 0 Å². The molecule has 10 nitrogen and oxygen atoms in total. The minimum Gasteiger partial charge on any atom is -0.548 e. The van der Waals surface area contributed by atoms with E-state index in [9.17, 15) is 23.1 Å². The summed E-state index contributed by atoms with van der Waals surface area (Å²) in [6, 6.07) is -1.51. The van der Waals surface area contributed by atoms with E-state index >= 15 is 0 Å². The van der Waals surface area contributed by atoms with E-state index in [4.69, 9.17) is 0 Å². The zero-order valence-electron chi connectivity index (χ0n) is 12.0. The number of rotatable bonds is 3. The van der Waals surface area contributed by atoms with Crippen LogP contribution in [-0.4, -0.2) is 61.8 Å². The fraction of sp³-hybridized carbons (Fsp3) is 0.600. The van der Waals surface area contributed by atoms with Crippen LogP contribution in [0.2, 0.25) is 0 Å². The fourth-order valence-corrected chi connectivity index (χ4v) is 5.26. The van der Waals surface area contributed by atoms with Crippen LogP contribution in [0.25, 0.3) is 0 Å². The molecule has 116 valence electrons. The van der Waals surface area contributed by atoms with Gasteiger partial charge in [0, 0.05) is 6.20 Å². The number of hydrogen-bond donors (Lipinski definition) is 0. The van der Waals surface area contributed by atoms with Crippen molar-refractivity contribution < 1.29 is 58.1 Å². The van der Waals surface area contributed by atoms with Crippen LogP contribution in [0.15, 0.2) is 12.4 Å². The van der Waals surface area contributed by atoms with Crippen LogP contribution < -0.4 is 34.7 Å². The third-order valence-electron chi connectivity index (χ3n) is 3.98. The summed E-state index contributed by atoms with van der Waals surface area (Å²) in [7, 11) is -3.84. The summed E-state index contributed by atoms with van der Waals surface area (Å²) >= 11 is 0. The summed E-state index contributed by atoms with van der Waals surface area (Å²) in [5.41, 5.74) is 0. The van der Waals surface area contributed by atoms with E-state index in [1.165, 1.54) is 24.0 Å². The van der Waals surface area contributed by atoms with Crippen molar-refractivity contribution in [2.45, 2.75) is 36.1 Å². The molecule has 0 aromatic carbocycles.